The number of nitrogens with zero attached hydrogens (tertiary/aromatic N) is 4. The maximum Gasteiger partial charge on any atom is 0.0534 e. The summed E-state index contributed by atoms with van der Waals surface area (Å²) in [6.07, 6.45) is 5.94. The second kappa shape index (κ2) is 7.41. The molecule has 0 aliphatic heterocycles. The van der Waals surface area contributed by atoms with Gasteiger partial charge in [-0.15, -0.1) is 0 Å². The van der Waals surface area contributed by atoms with Gasteiger partial charge in [-0.25, -0.2) is 0 Å². The zero-order chi connectivity index (χ0) is 15.2. The molecule has 2 aromatic rings. The molecular weight excluding hydrogens is 262 g/mol. The predicted octanol–water partition coefficient (Wildman–Crippen LogP) is 2.68. The SMILES string of the molecule is CC(C)Cn1cc(CNCc2ccnn2CC(C)C)cn1. The molecule has 0 aliphatic rings. The van der Waals surface area contributed by atoms with Crippen molar-refractivity contribution in [1.29, 1.82) is 0 Å². The Kier molecular flexibility index (Phi) is 5.56. The lowest BCUT2D eigenvalue weighted by molar-refractivity contribution is 0.461. The average molecular weight is 289 g/mol. The molecule has 2 heterocycles. The van der Waals surface area contributed by atoms with Gasteiger partial charge < -0.3 is 5.32 Å². The molecular formula is C16H27N5. The molecule has 2 rings (SSSR count). The molecule has 0 spiro atoms. The van der Waals surface area contributed by atoms with Crippen molar-refractivity contribution in [1.82, 2.24) is 24.9 Å². The van der Waals surface area contributed by atoms with E-state index in [-0.39, 0.29) is 0 Å². The maximum atomic E-state index is 4.39. The molecule has 1 N–H and O–H groups in total. The van der Waals surface area contributed by atoms with Crippen molar-refractivity contribution in [3.8, 4) is 0 Å². The molecule has 0 aromatic carbocycles. The Labute approximate surface area is 127 Å². The summed E-state index contributed by atoms with van der Waals surface area (Å²) in [6.45, 7) is 12.4. The monoisotopic (exact) mass is 289 g/mol. The van der Waals surface area contributed by atoms with Crippen LogP contribution in [-0.4, -0.2) is 19.6 Å². The molecule has 21 heavy (non-hydrogen) atoms. The zero-order valence-corrected chi connectivity index (χ0v) is 13.6. The highest BCUT2D eigenvalue weighted by Gasteiger charge is 2.05. The molecule has 5 heteroatoms. The molecule has 0 aliphatic carbocycles. The normalized spacial score (nSPS) is 11.7. The molecule has 0 atom stereocenters. The Balaban J connectivity index is 1.81. The minimum atomic E-state index is 0.609. The summed E-state index contributed by atoms with van der Waals surface area (Å²) in [4.78, 5) is 0. The topological polar surface area (TPSA) is 47.7 Å². The van der Waals surface area contributed by atoms with Crippen LogP contribution in [0.3, 0.4) is 0 Å². The van der Waals surface area contributed by atoms with E-state index in [1.165, 1.54) is 11.3 Å². The van der Waals surface area contributed by atoms with Crippen molar-refractivity contribution < 1.29 is 0 Å². The lowest BCUT2D eigenvalue weighted by Crippen LogP contribution is -2.17. The van der Waals surface area contributed by atoms with Crippen LogP contribution in [0.1, 0.15) is 39.0 Å². The van der Waals surface area contributed by atoms with Gasteiger partial charge in [0.15, 0.2) is 0 Å². The number of rotatable bonds is 8. The molecule has 0 saturated carbocycles. The van der Waals surface area contributed by atoms with Crippen LogP contribution in [0.25, 0.3) is 0 Å². The molecule has 5 nitrogen and oxygen atoms in total. The standard InChI is InChI=1S/C16H27N5/c1-13(2)10-20-12-15(8-19-20)7-17-9-16-5-6-18-21(16)11-14(3)4/h5-6,8,12-14,17H,7,9-11H2,1-4H3. The first-order chi connectivity index (χ1) is 10.0. The van der Waals surface area contributed by atoms with Crippen molar-refractivity contribution in [3.05, 3.63) is 35.9 Å². The smallest absolute Gasteiger partial charge is 0.0534 e. The van der Waals surface area contributed by atoms with E-state index in [9.17, 15) is 0 Å². The number of nitrogens with one attached hydrogen (secondary N) is 1. The molecule has 0 bridgehead atoms. The largest absolute Gasteiger partial charge is 0.307 e. The van der Waals surface area contributed by atoms with Gasteiger partial charge in [0.25, 0.3) is 0 Å². The molecule has 0 amide bonds. The van der Waals surface area contributed by atoms with Crippen molar-refractivity contribution >= 4 is 0 Å². The lowest BCUT2D eigenvalue weighted by atomic mass is 10.2. The third-order valence-corrected chi connectivity index (χ3v) is 3.22. The van der Waals surface area contributed by atoms with Crippen LogP contribution in [-0.2, 0) is 26.2 Å². The summed E-state index contributed by atoms with van der Waals surface area (Å²) < 4.78 is 4.10. The van der Waals surface area contributed by atoms with Gasteiger partial charge in [-0.3, -0.25) is 9.36 Å². The third kappa shape index (κ3) is 5.01. The van der Waals surface area contributed by atoms with Gasteiger partial charge in [0.1, 0.15) is 0 Å². The fraction of sp³-hybridized carbons (Fsp3) is 0.625. The molecule has 0 unspecified atom stereocenters. The summed E-state index contributed by atoms with van der Waals surface area (Å²) in [6, 6.07) is 2.08. The Bertz CT molecular complexity index is 538. The second-order valence-corrected chi connectivity index (χ2v) is 6.47. The highest BCUT2D eigenvalue weighted by Crippen LogP contribution is 2.05. The van der Waals surface area contributed by atoms with E-state index in [2.05, 4.69) is 60.2 Å². The van der Waals surface area contributed by atoms with E-state index in [1.54, 1.807) is 0 Å². The lowest BCUT2D eigenvalue weighted by Gasteiger charge is -2.10. The first-order valence-corrected chi connectivity index (χ1v) is 7.77. The summed E-state index contributed by atoms with van der Waals surface area (Å²) in [5.41, 5.74) is 2.46. The summed E-state index contributed by atoms with van der Waals surface area (Å²) >= 11 is 0. The quantitative estimate of drug-likeness (QED) is 0.813. The highest BCUT2D eigenvalue weighted by molar-refractivity contribution is 5.05. The van der Waals surface area contributed by atoms with Crippen molar-refractivity contribution in [2.24, 2.45) is 11.8 Å². The second-order valence-electron chi connectivity index (χ2n) is 6.47. The number of hydrogen-bond donors (Lipinski definition) is 1. The van der Waals surface area contributed by atoms with Crippen LogP contribution in [0.4, 0.5) is 0 Å². The highest BCUT2D eigenvalue weighted by atomic mass is 15.3. The van der Waals surface area contributed by atoms with Gasteiger partial charge in [0.2, 0.25) is 0 Å². The Hall–Kier alpha value is -1.62. The van der Waals surface area contributed by atoms with Crippen LogP contribution in [0.2, 0.25) is 0 Å². The van der Waals surface area contributed by atoms with Gasteiger partial charge in [0, 0.05) is 44.1 Å². The molecule has 0 fully saturated rings. The van der Waals surface area contributed by atoms with E-state index in [4.69, 9.17) is 0 Å². The van der Waals surface area contributed by atoms with Crippen molar-refractivity contribution in [2.75, 3.05) is 0 Å². The van der Waals surface area contributed by atoms with Crippen LogP contribution in [0.5, 0.6) is 0 Å². The fourth-order valence-corrected chi connectivity index (χ4v) is 2.33. The molecule has 0 radical (unpaired) electrons. The number of aromatic nitrogens is 4. The van der Waals surface area contributed by atoms with Gasteiger partial charge >= 0.3 is 0 Å². The third-order valence-electron chi connectivity index (χ3n) is 3.22. The summed E-state index contributed by atoms with van der Waals surface area (Å²) in [5, 5.41) is 12.2. The van der Waals surface area contributed by atoms with Crippen LogP contribution in [0, 0.1) is 11.8 Å². The maximum absolute atomic E-state index is 4.39. The zero-order valence-electron chi connectivity index (χ0n) is 13.6. The van der Waals surface area contributed by atoms with Crippen molar-refractivity contribution in [3.63, 3.8) is 0 Å². The molecule has 2 aromatic heterocycles. The average Bonchev–Trinajstić information content (AvgIpc) is 2.99. The summed E-state index contributed by atoms with van der Waals surface area (Å²) in [5.74, 6) is 1.23. The first-order valence-electron chi connectivity index (χ1n) is 7.77. The van der Waals surface area contributed by atoms with E-state index in [0.29, 0.717) is 11.8 Å². The van der Waals surface area contributed by atoms with Gasteiger partial charge in [0.05, 0.1) is 11.9 Å². The first kappa shape index (κ1) is 15.8. The van der Waals surface area contributed by atoms with Crippen LogP contribution < -0.4 is 5.32 Å². The molecule has 116 valence electrons. The van der Waals surface area contributed by atoms with E-state index >= 15 is 0 Å². The van der Waals surface area contributed by atoms with Crippen molar-refractivity contribution in [2.45, 2.75) is 53.9 Å². The van der Waals surface area contributed by atoms with E-state index < -0.39 is 0 Å². The minimum Gasteiger partial charge on any atom is -0.307 e. The predicted molar refractivity (Wildman–Crippen MR) is 84.7 cm³/mol. The van der Waals surface area contributed by atoms with Gasteiger partial charge in [-0.05, 0) is 17.9 Å². The van der Waals surface area contributed by atoms with Gasteiger partial charge in [-0.2, -0.15) is 10.2 Å². The molecule has 0 saturated heterocycles. The minimum absolute atomic E-state index is 0.609. The fourth-order valence-electron chi connectivity index (χ4n) is 2.33. The van der Waals surface area contributed by atoms with E-state index in [0.717, 1.165) is 26.2 Å². The van der Waals surface area contributed by atoms with Crippen LogP contribution >= 0.6 is 0 Å². The van der Waals surface area contributed by atoms with Crippen LogP contribution in [0.15, 0.2) is 24.7 Å². The Morgan fingerprint density at radius 3 is 2.52 bits per heavy atom. The Morgan fingerprint density at radius 2 is 1.81 bits per heavy atom. The van der Waals surface area contributed by atoms with Gasteiger partial charge in [-0.1, -0.05) is 27.7 Å². The summed E-state index contributed by atoms with van der Waals surface area (Å²) in [7, 11) is 0. The Morgan fingerprint density at radius 1 is 1.05 bits per heavy atom. The van der Waals surface area contributed by atoms with E-state index in [1.807, 2.05) is 17.1 Å². The number of hydrogen-bond acceptors (Lipinski definition) is 3.